The van der Waals surface area contributed by atoms with Crippen LogP contribution in [0.4, 0.5) is 19.3 Å². The van der Waals surface area contributed by atoms with Gasteiger partial charge in [0, 0.05) is 29.5 Å². The number of rotatable bonds is 7. The van der Waals surface area contributed by atoms with E-state index < -0.39 is 34.5 Å². The Hall–Kier alpha value is -3.62. The summed E-state index contributed by atoms with van der Waals surface area (Å²) in [4.78, 5) is 30.3. The van der Waals surface area contributed by atoms with Crippen LogP contribution in [-0.2, 0) is 14.6 Å². The smallest absolute Gasteiger partial charge is 0.298 e. The Bertz CT molecular complexity index is 1470. The highest BCUT2D eigenvalue weighted by molar-refractivity contribution is 7.90. The molecule has 11 heteroatoms. The fraction of sp³-hybridized carbons (Fsp3) is 0.370. The summed E-state index contributed by atoms with van der Waals surface area (Å²) < 4.78 is 52.8. The van der Waals surface area contributed by atoms with E-state index in [2.05, 4.69) is 5.32 Å². The van der Waals surface area contributed by atoms with Crippen molar-refractivity contribution in [2.75, 3.05) is 17.7 Å². The Morgan fingerprint density at radius 3 is 2.53 bits per heavy atom. The summed E-state index contributed by atoms with van der Waals surface area (Å²) in [6, 6.07) is 9.93. The van der Waals surface area contributed by atoms with Crippen LogP contribution in [0, 0.1) is 11.3 Å². The molecular weight excluding hydrogens is 514 g/mol. The van der Waals surface area contributed by atoms with E-state index in [1.807, 2.05) is 13.0 Å². The number of anilines is 1. The fourth-order valence-electron chi connectivity index (χ4n) is 5.17. The number of carbonyl (C=O) groups excluding carboxylic acids is 2. The molecule has 2 aromatic carbocycles. The predicted molar refractivity (Wildman–Crippen MR) is 137 cm³/mol. The number of urea groups is 1. The molecule has 200 valence electrons. The fourth-order valence-corrected chi connectivity index (χ4v) is 6.12. The molecule has 38 heavy (non-hydrogen) atoms. The number of nitriles is 1. The first-order valence-corrected chi connectivity index (χ1v) is 14.1. The van der Waals surface area contributed by atoms with Crippen LogP contribution in [0.1, 0.15) is 62.3 Å². The van der Waals surface area contributed by atoms with Gasteiger partial charge in [-0.3, -0.25) is 19.9 Å². The summed E-state index contributed by atoms with van der Waals surface area (Å²) in [7, 11) is -3.87. The Morgan fingerprint density at radius 2 is 1.89 bits per heavy atom. The number of allylic oxidation sites excluding steroid dienone is 1. The molecule has 4 rings (SSSR count). The third-order valence-corrected chi connectivity index (χ3v) is 7.95. The SMILES string of the molecule is CCNC(C)N1C(=O)N(c2cccc(C(F)F)c2)C2=C(C(=O)CCC2)C1c1ccc(C#N)cc1S(C)(=O)=O. The van der Waals surface area contributed by atoms with Gasteiger partial charge in [-0.2, -0.15) is 5.26 Å². The minimum atomic E-state index is -3.87. The summed E-state index contributed by atoms with van der Waals surface area (Å²) >= 11 is 0. The first-order valence-electron chi connectivity index (χ1n) is 12.2. The lowest BCUT2D eigenvalue weighted by Gasteiger charge is -2.48. The van der Waals surface area contributed by atoms with Crippen molar-refractivity contribution in [1.29, 1.82) is 5.26 Å². The summed E-state index contributed by atoms with van der Waals surface area (Å²) in [5.74, 6) is -0.253. The lowest BCUT2D eigenvalue weighted by atomic mass is 9.83. The summed E-state index contributed by atoms with van der Waals surface area (Å²) in [6.07, 6.45) is -1.42. The minimum Gasteiger partial charge on any atom is -0.298 e. The zero-order chi connectivity index (χ0) is 27.8. The third kappa shape index (κ3) is 4.93. The number of nitrogens with zero attached hydrogens (tertiary/aromatic N) is 3. The summed E-state index contributed by atoms with van der Waals surface area (Å²) in [5, 5.41) is 12.6. The average molecular weight is 543 g/mol. The quantitative estimate of drug-likeness (QED) is 0.536. The highest BCUT2D eigenvalue weighted by Crippen LogP contribution is 2.46. The van der Waals surface area contributed by atoms with Gasteiger partial charge in [0.15, 0.2) is 15.6 Å². The maximum absolute atomic E-state index is 14.2. The molecule has 0 radical (unpaired) electrons. The van der Waals surface area contributed by atoms with Crippen molar-refractivity contribution in [3.8, 4) is 6.07 Å². The molecule has 2 atom stereocenters. The van der Waals surface area contributed by atoms with E-state index in [0.29, 0.717) is 25.1 Å². The molecule has 1 N–H and O–H groups in total. The van der Waals surface area contributed by atoms with Gasteiger partial charge in [0.05, 0.1) is 34.4 Å². The van der Waals surface area contributed by atoms with Gasteiger partial charge in [-0.25, -0.2) is 22.0 Å². The van der Waals surface area contributed by atoms with Gasteiger partial charge in [0.1, 0.15) is 0 Å². The first kappa shape index (κ1) is 27.4. The van der Waals surface area contributed by atoms with E-state index >= 15 is 0 Å². The number of nitrogens with one attached hydrogen (secondary N) is 1. The maximum Gasteiger partial charge on any atom is 0.330 e. The van der Waals surface area contributed by atoms with Crippen molar-refractivity contribution in [1.82, 2.24) is 10.2 Å². The number of hydrogen-bond donors (Lipinski definition) is 1. The van der Waals surface area contributed by atoms with Crippen LogP contribution in [0.25, 0.3) is 0 Å². The number of ketones is 1. The molecule has 0 spiro atoms. The lowest BCUT2D eigenvalue weighted by molar-refractivity contribution is -0.116. The number of benzene rings is 2. The van der Waals surface area contributed by atoms with E-state index in [9.17, 15) is 32.0 Å². The largest absolute Gasteiger partial charge is 0.330 e. The maximum atomic E-state index is 14.2. The molecule has 0 saturated carbocycles. The minimum absolute atomic E-state index is 0.122. The number of halogens is 2. The zero-order valence-corrected chi connectivity index (χ0v) is 22.1. The molecule has 8 nitrogen and oxygen atoms in total. The van der Waals surface area contributed by atoms with Crippen molar-refractivity contribution < 1.29 is 26.8 Å². The molecule has 0 bridgehead atoms. The molecule has 0 aromatic heterocycles. The van der Waals surface area contributed by atoms with Gasteiger partial charge in [-0.1, -0.05) is 25.1 Å². The van der Waals surface area contributed by atoms with Crippen LogP contribution in [0.15, 0.2) is 58.6 Å². The molecule has 1 aliphatic carbocycles. The van der Waals surface area contributed by atoms with Crippen molar-refractivity contribution in [2.24, 2.45) is 0 Å². The molecular formula is C27H28F2N4O4S. The first-order chi connectivity index (χ1) is 18.0. The summed E-state index contributed by atoms with van der Waals surface area (Å²) in [6.45, 7) is 4.01. The molecule has 2 unspecified atom stereocenters. The van der Waals surface area contributed by atoms with Crippen molar-refractivity contribution >= 4 is 27.3 Å². The second-order valence-corrected chi connectivity index (χ2v) is 11.3. The summed E-state index contributed by atoms with van der Waals surface area (Å²) in [5.41, 5.74) is 0.874. The second kappa shape index (κ2) is 10.6. The number of amides is 2. The highest BCUT2D eigenvalue weighted by Gasteiger charge is 2.47. The second-order valence-electron chi connectivity index (χ2n) is 9.33. The van der Waals surface area contributed by atoms with Gasteiger partial charge in [-0.05, 0) is 56.1 Å². The molecule has 1 heterocycles. The van der Waals surface area contributed by atoms with Crippen LogP contribution in [0.5, 0.6) is 0 Å². The van der Waals surface area contributed by atoms with E-state index in [0.717, 1.165) is 6.26 Å². The lowest BCUT2D eigenvalue weighted by Crippen LogP contribution is -2.58. The van der Waals surface area contributed by atoms with Crippen molar-refractivity contribution in [3.63, 3.8) is 0 Å². The number of sulfone groups is 1. The van der Waals surface area contributed by atoms with Crippen LogP contribution < -0.4 is 10.2 Å². The van der Waals surface area contributed by atoms with Gasteiger partial charge in [-0.15, -0.1) is 0 Å². The van der Waals surface area contributed by atoms with E-state index in [4.69, 9.17) is 0 Å². The Morgan fingerprint density at radius 1 is 1.16 bits per heavy atom. The van der Waals surface area contributed by atoms with E-state index in [-0.39, 0.29) is 45.1 Å². The number of carbonyl (C=O) groups is 2. The van der Waals surface area contributed by atoms with Crippen LogP contribution in [0.3, 0.4) is 0 Å². The normalized spacial score (nSPS) is 19.0. The molecule has 0 fully saturated rings. The molecule has 2 aromatic rings. The van der Waals surface area contributed by atoms with Gasteiger partial charge >= 0.3 is 6.03 Å². The van der Waals surface area contributed by atoms with Gasteiger partial charge in [0.25, 0.3) is 6.43 Å². The van der Waals surface area contributed by atoms with Gasteiger partial charge < -0.3 is 0 Å². The molecule has 2 amide bonds. The third-order valence-electron chi connectivity index (χ3n) is 6.80. The Kier molecular flexibility index (Phi) is 7.67. The zero-order valence-electron chi connectivity index (χ0n) is 21.2. The van der Waals surface area contributed by atoms with E-state index in [1.165, 1.54) is 52.3 Å². The van der Waals surface area contributed by atoms with Crippen LogP contribution >= 0.6 is 0 Å². The number of hydrogen-bond acceptors (Lipinski definition) is 6. The molecule has 0 saturated heterocycles. The predicted octanol–water partition coefficient (Wildman–Crippen LogP) is 4.85. The van der Waals surface area contributed by atoms with Gasteiger partial charge in [0.2, 0.25) is 0 Å². The van der Waals surface area contributed by atoms with Crippen molar-refractivity contribution in [2.45, 2.75) is 56.6 Å². The average Bonchev–Trinajstić information content (AvgIpc) is 2.87. The topological polar surface area (TPSA) is 111 Å². The van der Waals surface area contributed by atoms with Crippen LogP contribution in [0.2, 0.25) is 0 Å². The Labute approximate surface area is 220 Å². The number of Topliss-reactive ketones (excluding diaryl/α,β-unsaturated/α-hetero) is 1. The van der Waals surface area contributed by atoms with E-state index in [1.54, 1.807) is 6.92 Å². The van der Waals surface area contributed by atoms with Crippen LogP contribution in [-0.4, -0.2) is 44.1 Å². The molecule has 1 aliphatic heterocycles. The van der Waals surface area contributed by atoms with Crippen molar-refractivity contribution in [3.05, 3.63) is 70.4 Å². The molecule has 2 aliphatic rings. The monoisotopic (exact) mass is 542 g/mol. The number of alkyl halides is 2. The highest BCUT2D eigenvalue weighted by atomic mass is 32.2. The standard InChI is InChI=1S/C27H28F2N4O4S/c1-4-31-16(2)32-25(20-12-11-17(15-30)13-23(20)38(3,36)37)24-21(9-6-10-22(24)34)33(27(32)35)19-8-5-7-18(14-19)26(28)29/h5,7-8,11-14,16,25-26,31H,4,6,9-10H2,1-3H3. The Balaban J connectivity index is 2.05.